The third kappa shape index (κ3) is 1.95. The average molecular weight is 178 g/mol. The molecule has 2 heteroatoms. The minimum atomic E-state index is -0.0667. The van der Waals surface area contributed by atoms with Gasteiger partial charge in [-0.3, -0.25) is 4.79 Å². The molecule has 2 nitrogen and oxygen atoms in total. The molecule has 1 aromatic rings. The van der Waals surface area contributed by atoms with Crippen molar-refractivity contribution in [2.75, 3.05) is 0 Å². The minimum absolute atomic E-state index is 0.0667. The summed E-state index contributed by atoms with van der Waals surface area (Å²) in [5, 5.41) is 9.04. The molecule has 0 unspecified atom stereocenters. The van der Waals surface area contributed by atoms with Gasteiger partial charge in [-0.2, -0.15) is 0 Å². The number of aliphatic hydroxyl groups is 1. The fourth-order valence-corrected chi connectivity index (χ4v) is 1.44. The Morgan fingerprint density at radius 1 is 1.46 bits per heavy atom. The number of Topliss-reactive ketones (excluding diaryl/α,β-unsaturated/α-hetero) is 1. The van der Waals surface area contributed by atoms with Gasteiger partial charge < -0.3 is 5.11 Å². The van der Waals surface area contributed by atoms with Crippen LogP contribution in [-0.4, -0.2) is 10.9 Å². The normalized spacial score (nSPS) is 10.1. The molecule has 0 bridgehead atoms. The Morgan fingerprint density at radius 3 is 2.69 bits per heavy atom. The second kappa shape index (κ2) is 4.19. The molecule has 0 saturated heterocycles. The van der Waals surface area contributed by atoms with Crippen LogP contribution in [0, 0.1) is 6.92 Å². The van der Waals surface area contributed by atoms with Crippen LogP contribution in [0.3, 0.4) is 0 Å². The molecule has 0 aliphatic heterocycles. The van der Waals surface area contributed by atoms with E-state index in [2.05, 4.69) is 0 Å². The van der Waals surface area contributed by atoms with Crippen LogP contribution in [0.15, 0.2) is 18.2 Å². The van der Waals surface area contributed by atoms with Gasteiger partial charge in [-0.05, 0) is 18.1 Å². The SMILES string of the molecule is CCC(=O)c1c(C)cccc1CO. The molecule has 0 aliphatic carbocycles. The van der Waals surface area contributed by atoms with E-state index < -0.39 is 0 Å². The lowest BCUT2D eigenvalue weighted by molar-refractivity contribution is 0.0984. The number of hydrogen-bond donors (Lipinski definition) is 1. The molecule has 0 aliphatic rings. The first-order valence-electron chi connectivity index (χ1n) is 4.43. The molecule has 70 valence electrons. The summed E-state index contributed by atoms with van der Waals surface area (Å²) in [5.41, 5.74) is 2.36. The van der Waals surface area contributed by atoms with Gasteiger partial charge in [-0.1, -0.05) is 25.1 Å². The van der Waals surface area contributed by atoms with E-state index in [-0.39, 0.29) is 12.4 Å². The average Bonchev–Trinajstić information content (AvgIpc) is 2.16. The molecule has 0 atom stereocenters. The Morgan fingerprint density at radius 2 is 2.15 bits per heavy atom. The topological polar surface area (TPSA) is 37.3 Å². The fourth-order valence-electron chi connectivity index (χ4n) is 1.44. The zero-order valence-corrected chi connectivity index (χ0v) is 8.00. The zero-order valence-electron chi connectivity index (χ0n) is 8.00. The van der Waals surface area contributed by atoms with Gasteiger partial charge in [0.25, 0.3) is 0 Å². The van der Waals surface area contributed by atoms with Crippen LogP contribution in [0.5, 0.6) is 0 Å². The van der Waals surface area contributed by atoms with Crippen LogP contribution in [0.4, 0.5) is 0 Å². The lowest BCUT2D eigenvalue weighted by atomic mass is 9.97. The molecule has 0 spiro atoms. The van der Waals surface area contributed by atoms with Crippen LogP contribution in [0.1, 0.15) is 34.8 Å². The van der Waals surface area contributed by atoms with E-state index in [9.17, 15) is 4.79 Å². The number of carbonyl (C=O) groups excluding carboxylic acids is 1. The van der Waals surface area contributed by atoms with Gasteiger partial charge in [0.1, 0.15) is 0 Å². The lowest BCUT2D eigenvalue weighted by Crippen LogP contribution is -2.04. The molecule has 0 heterocycles. The summed E-state index contributed by atoms with van der Waals surface area (Å²) in [5.74, 6) is 0.0992. The second-order valence-corrected chi connectivity index (χ2v) is 3.04. The molecular weight excluding hydrogens is 164 g/mol. The van der Waals surface area contributed by atoms with Crippen LogP contribution in [-0.2, 0) is 6.61 Å². The van der Waals surface area contributed by atoms with E-state index in [4.69, 9.17) is 5.11 Å². The van der Waals surface area contributed by atoms with Gasteiger partial charge in [-0.25, -0.2) is 0 Å². The number of ketones is 1. The van der Waals surface area contributed by atoms with Gasteiger partial charge in [0.15, 0.2) is 5.78 Å². The van der Waals surface area contributed by atoms with Crippen molar-refractivity contribution in [3.05, 3.63) is 34.9 Å². The van der Waals surface area contributed by atoms with Gasteiger partial charge in [-0.15, -0.1) is 0 Å². The molecule has 0 radical (unpaired) electrons. The van der Waals surface area contributed by atoms with Gasteiger partial charge in [0.2, 0.25) is 0 Å². The summed E-state index contributed by atoms with van der Waals surface area (Å²) >= 11 is 0. The van der Waals surface area contributed by atoms with Crippen LogP contribution >= 0.6 is 0 Å². The number of hydrogen-bond acceptors (Lipinski definition) is 2. The predicted octanol–water partition coefficient (Wildman–Crippen LogP) is 2.08. The second-order valence-electron chi connectivity index (χ2n) is 3.04. The maximum absolute atomic E-state index is 11.5. The standard InChI is InChI=1S/C11H14O2/c1-3-10(13)11-8(2)5-4-6-9(11)7-12/h4-6,12H,3,7H2,1-2H3. The molecule has 0 aromatic heterocycles. The van der Waals surface area contributed by atoms with Gasteiger partial charge >= 0.3 is 0 Å². The van der Waals surface area contributed by atoms with Gasteiger partial charge in [0, 0.05) is 12.0 Å². The first-order chi connectivity index (χ1) is 6.20. The number of aliphatic hydroxyl groups excluding tert-OH is 1. The van der Waals surface area contributed by atoms with E-state index in [1.807, 2.05) is 26.0 Å². The Balaban J connectivity index is 3.22. The maximum Gasteiger partial charge on any atom is 0.163 e. The highest BCUT2D eigenvalue weighted by Gasteiger charge is 2.10. The number of rotatable bonds is 3. The van der Waals surface area contributed by atoms with Crippen molar-refractivity contribution in [1.29, 1.82) is 0 Å². The van der Waals surface area contributed by atoms with E-state index in [0.29, 0.717) is 12.0 Å². The molecule has 0 amide bonds. The molecule has 1 aromatic carbocycles. The first kappa shape index (κ1) is 9.93. The molecule has 1 rings (SSSR count). The first-order valence-corrected chi connectivity index (χ1v) is 4.43. The Bertz CT molecular complexity index is 316. The highest BCUT2D eigenvalue weighted by Crippen LogP contribution is 2.16. The van der Waals surface area contributed by atoms with Crippen LogP contribution < -0.4 is 0 Å². The minimum Gasteiger partial charge on any atom is -0.392 e. The highest BCUT2D eigenvalue weighted by molar-refractivity contribution is 5.98. The summed E-state index contributed by atoms with van der Waals surface area (Å²) in [4.78, 5) is 11.5. The highest BCUT2D eigenvalue weighted by atomic mass is 16.3. The van der Waals surface area contributed by atoms with Crippen molar-refractivity contribution in [2.45, 2.75) is 26.9 Å². The monoisotopic (exact) mass is 178 g/mol. The molecule has 0 saturated carbocycles. The van der Waals surface area contributed by atoms with E-state index in [1.54, 1.807) is 6.07 Å². The zero-order chi connectivity index (χ0) is 9.84. The summed E-state index contributed by atoms with van der Waals surface area (Å²) in [7, 11) is 0. The van der Waals surface area contributed by atoms with E-state index in [0.717, 1.165) is 11.1 Å². The molecule has 1 N–H and O–H groups in total. The molecule has 0 fully saturated rings. The van der Waals surface area contributed by atoms with Crippen molar-refractivity contribution >= 4 is 5.78 Å². The van der Waals surface area contributed by atoms with Crippen molar-refractivity contribution in [3.63, 3.8) is 0 Å². The fraction of sp³-hybridized carbons (Fsp3) is 0.364. The Kier molecular flexibility index (Phi) is 3.20. The predicted molar refractivity (Wildman–Crippen MR) is 51.7 cm³/mol. The number of aryl methyl sites for hydroxylation is 1. The smallest absolute Gasteiger partial charge is 0.163 e. The summed E-state index contributed by atoms with van der Waals surface area (Å²) in [6.07, 6.45) is 0.484. The molecular formula is C11H14O2. The van der Waals surface area contributed by atoms with E-state index >= 15 is 0 Å². The van der Waals surface area contributed by atoms with Crippen molar-refractivity contribution < 1.29 is 9.90 Å². The van der Waals surface area contributed by atoms with Crippen molar-refractivity contribution in [2.24, 2.45) is 0 Å². The Hall–Kier alpha value is -1.15. The molecule has 13 heavy (non-hydrogen) atoms. The summed E-state index contributed by atoms with van der Waals surface area (Å²) in [6.45, 7) is 3.65. The quantitative estimate of drug-likeness (QED) is 0.719. The van der Waals surface area contributed by atoms with Crippen LogP contribution in [0.25, 0.3) is 0 Å². The third-order valence-corrected chi connectivity index (χ3v) is 2.13. The Labute approximate surface area is 78.2 Å². The van der Waals surface area contributed by atoms with E-state index in [1.165, 1.54) is 0 Å². The third-order valence-electron chi connectivity index (χ3n) is 2.13. The summed E-state index contributed by atoms with van der Waals surface area (Å²) in [6, 6.07) is 5.53. The largest absolute Gasteiger partial charge is 0.392 e. The van der Waals surface area contributed by atoms with Crippen molar-refractivity contribution in [1.82, 2.24) is 0 Å². The lowest BCUT2D eigenvalue weighted by Gasteiger charge is -2.07. The van der Waals surface area contributed by atoms with Gasteiger partial charge in [0.05, 0.1) is 6.61 Å². The number of carbonyl (C=O) groups is 1. The van der Waals surface area contributed by atoms with Crippen LogP contribution in [0.2, 0.25) is 0 Å². The maximum atomic E-state index is 11.5. The van der Waals surface area contributed by atoms with Crippen molar-refractivity contribution in [3.8, 4) is 0 Å². The summed E-state index contributed by atoms with van der Waals surface area (Å²) < 4.78 is 0. The number of benzene rings is 1.